The number of benzene rings is 2. The third kappa shape index (κ3) is 3.78. The summed E-state index contributed by atoms with van der Waals surface area (Å²) in [4.78, 5) is 11.8. The van der Waals surface area contributed by atoms with E-state index in [9.17, 15) is 26.4 Å². The summed E-state index contributed by atoms with van der Waals surface area (Å²) in [5.74, 6) is 0.546. The van der Waals surface area contributed by atoms with Crippen LogP contribution in [0.5, 0.6) is 5.75 Å². The number of methoxy groups -OCH3 is 1. The molecule has 2 aromatic carbocycles. The van der Waals surface area contributed by atoms with Crippen LogP contribution in [0.1, 0.15) is 12.8 Å². The van der Waals surface area contributed by atoms with Gasteiger partial charge in [0.1, 0.15) is 5.75 Å². The Balaban J connectivity index is 2.15. The molecule has 1 aliphatic rings. The van der Waals surface area contributed by atoms with Crippen LogP contribution in [0, 0.1) is 0 Å². The second kappa shape index (κ2) is 7.45. The average Bonchev–Trinajstić information content (AvgIpc) is 3.09. The standard InChI is InChI=1S/C17H17F3O6S2/c1-24-16(21)25-14-8-4-7-13-12(14)6-5-9-15(13)27(10-2-3-11-27)26-28(22,23)17(18,19)20/h4-9H,2-3,10-11H2,1H3. The molecular formula is C17H17F3O6S2. The van der Waals surface area contributed by atoms with Gasteiger partial charge in [0.15, 0.2) is 0 Å². The molecule has 1 aliphatic heterocycles. The molecular weight excluding hydrogens is 421 g/mol. The van der Waals surface area contributed by atoms with Crippen LogP contribution in [0.3, 0.4) is 0 Å². The van der Waals surface area contributed by atoms with Crippen LogP contribution >= 0.6 is 10.3 Å². The molecule has 6 nitrogen and oxygen atoms in total. The fourth-order valence-corrected chi connectivity index (χ4v) is 8.51. The van der Waals surface area contributed by atoms with Gasteiger partial charge in [-0.05, 0) is 30.4 Å². The molecule has 0 bridgehead atoms. The number of carbonyl (C=O) groups excluding carboxylic acids is 1. The van der Waals surface area contributed by atoms with Gasteiger partial charge < -0.3 is 9.47 Å². The maximum atomic E-state index is 13.0. The third-order valence-electron chi connectivity index (χ3n) is 4.30. The molecule has 0 atom stereocenters. The lowest BCUT2D eigenvalue weighted by Gasteiger charge is -2.35. The van der Waals surface area contributed by atoms with Gasteiger partial charge in [0.2, 0.25) is 0 Å². The van der Waals surface area contributed by atoms with Crippen molar-refractivity contribution >= 4 is 37.4 Å². The fraction of sp³-hybridized carbons (Fsp3) is 0.353. The first kappa shape index (κ1) is 20.7. The molecule has 0 saturated carbocycles. The summed E-state index contributed by atoms with van der Waals surface area (Å²) < 4.78 is 76.9. The van der Waals surface area contributed by atoms with Crippen molar-refractivity contribution < 1.29 is 39.5 Å². The second-order valence-electron chi connectivity index (χ2n) is 6.06. The predicted octanol–water partition coefficient (Wildman–Crippen LogP) is 4.72. The maximum absolute atomic E-state index is 13.0. The highest BCUT2D eigenvalue weighted by molar-refractivity contribution is 8.33. The number of fused-ring (bicyclic) bond motifs is 1. The van der Waals surface area contributed by atoms with Crippen molar-refractivity contribution in [3.05, 3.63) is 36.4 Å². The summed E-state index contributed by atoms with van der Waals surface area (Å²) in [6.45, 7) is 0. The van der Waals surface area contributed by atoms with Gasteiger partial charge in [-0.3, -0.25) is 0 Å². The minimum atomic E-state index is -5.76. The van der Waals surface area contributed by atoms with E-state index in [1.54, 1.807) is 30.3 Å². The number of ether oxygens (including phenoxy) is 2. The van der Waals surface area contributed by atoms with Crippen LogP contribution in [0.15, 0.2) is 41.3 Å². The molecule has 0 unspecified atom stereocenters. The number of hydrogen-bond acceptors (Lipinski definition) is 6. The molecule has 1 heterocycles. The largest absolute Gasteiger partial charge is 0.523 e. The average molecular weight is 438 g/mol. The SMILES string of the molecule is COC(=O)Oc1cccc2c(S3(OS(=O)(=O)C(F)(F)F)CCCC3)cccc12. The number of rotatable bonds is 4. The number of hydrogen-bond donors (Lipinski definition) is 0. The highest BCUT2D eigenvalue weighted by Crippen LogP contribution is 2.65. The minimum absolute atomic E-state index is 0.150. The minimum Gasteiger partial charge on any atom is -0.437 e. The zero-order chi connectivity index (χ0) is 20.6. The van der Waals surface area contributed by atoms with E-state index in [4.69, 9.17) is 8.37 Å². The van der Waals surface area contributed by atoms with Crippen LogP contribution in [0.2, 0.25) is 0 Å². The smallest absolute Gasteiger partial charge is 0.437 e. The Bertz CT molecular complexity index is 998. The van der Waals surface area contributed by atoms with E-state index in [1.165, 1.54) is 6.07 Å². The van der Waals surface area contributed by atoms with Crippen molar-refractivity contribution in [2.24, 2.45) is 0 Å². The Morgan fingerprint density at radius 2 is 1.64 bits per heavy atom. The maximum Gasteiger partial charge on any atom is 0.523 e. The summed E-state index contributed by atoms with van der Waals surface area (Å²) in [7, 11) is -7.35. The molecule has 11 heteroatoms. The molecule has 0 amide bonds. The number of carbonyl (C=O) groups is 1. The van der Waals surface area contributed by atoms with Gasteiger partial charge in [-0.2, -0.15) is 21.6 Å². The van der Waals surface area contributed by atoms with E-state index in [-0.39, 0.29) is 17.3 Å². The quantitative estimate of drug-likeness (QED) is 0.390. The van der Waals surface area contributed by atoms with E-state index in [0.29, 0.717) is 28.5 Å². The lowest BCUT2D eigenvalue weighted by atomic mass is 10.1. The zero-order valence-corrected chi connectivity index (χ0v) is 16.3. The zero-order valence-electron chi connectivity index (χ0n) is 14.7. The van der Waals surface area contributed by atoms with E-state index in [1.807, 2.05) is 0 Å². The summed E-state index contributed by atoms with van der Waals surface area (Å²) >= 11 is 0. The van der Waals surface area contributed by atoms with Gasteiger partial charge in [-0.25, -0.2) is 8.42 Å². The summed E-state index contributed by atoms with van der Waals surface area (Å²) in [5.41, 5.74) is -5.50. The van der Waals surface area contributed by atoms with Crippen molar-refractivity contribution in [1.82, 2.24) is 0 Å². The molecule has 0 aromatic heterocycles. The van der Waals surface area contributed by atoms with Gasteiger partial charge >= 0.3 is 21.8 Å². The molecule has 0 aliphatic carbocycles. The summed E-state index contributed by atoms with van der Waals surface area (Å²) in [6.07, 6.45) is 0.159. The molecule has 154 valence electrons. The van der Waals surface area contributed by atoms with Crippen molar-refractivity contribution in [2.45, 2.75) is 23.2 Å². The predicted molar refractivity (Wildman–Crippen MR) is 97.9 cm³/mol. The van der Waals surface area contributed by atoms with Crippen LogP contribution < -0.4 is 4.74 Å². The Hall–Kier alpha value is -1.98. The summed E-state index contributed by atoms with van der Waals surface area (Å²) in [5, 5.41) is 0.912. The molecule has 28 heavy (non-hydrogen) atoms. The van der Waals surface area contributed by atoms with Crippen molar-refractivity contribution in [3.8, 4) is 5.75 Å². The molecule has 1 saturated heterocycles. The van der Waals surface area contributed by atoms with E-state index in [0.717, 1.165) is 7.11 Å². The number of halogens is 3. The molecule has 3 rings (SSSR count). The van der Waals surface area contributed by atoms with Gasteiger partial charge in [-0.15, -0.1) is 0 Å². The first-order valence-corrected chi connectivity index (χ1v) is 11.5. The van der Waals surface area contributed by atoms with Crippen LogP contribution in [-0.4, -0.2) is 38.7 Å². The Kier molecular flexibility index (Phi) is 5.52. The molecule has 0 spiro atoms. The van der Waals surface area contributed by atoms with Crippen molar-refractivity contribution in [2.75, 3.05) is 18.6 Å². The van der Waals surface area contributed by atoms with Gasteiger partial charge in [0.05, 0.1) is 7.11 Å². The van der Waals surface area contributed by atoms with Gasteiger partial charge in [0, 0.05) is 21.8 Å². The topological polar surface area (TPSA) is 78.9 Å². The monoisotopic (exact) mass is 438 g/mol. The molecule has 2 aromatic rings. The Labute approximate surface area is 161 Å². The molecule has 0 radical (unpaired) electrons. The normalized spacial score (nSPS) is 18.0. The highest BCUT2D eigenvalue weighted by atomic mass is 32.3. The molecule has 1 fully saturated rings. The second-order valence-corrected chi connectivity index (χ2v) is 10.9. The highest BCUT2D eigenvalue weighted by Gasteiger charge is 2.52. The van der Waals surface area contributed by atoms with Crippen LogP contribution in [0.25, 0.3) is 10.8 Å². The van der Waals surface area contributed by atoms with Gasteiger partial charge in [-0.1, -0.05) is 34.6 Å². The first-order chi connectivity index (χ1) is 13.1. The Morgan fingerprint density at radius 1 is 1.04 bits per heavy atom. The first-order valence-electron chi connectivity index (χ1n) is 8.18. The lowest BCUT2D eigenvalue weighted by Crippen LogP contribution is -2.27. The van der Waals surface area contributed by atoms with Crippen LogP contribution in [0.4, 0.5) is 18.0 Å². The van der Waals surface area contributed by atoms with Crippen molar-refractivity contribution in [1.29, 1.82) is 0 Å². The third-order valence-corrected chi connectivity index (χ3v) is 9.68. The lowest BCUT2D eigenvalue weighted by molar-refractivity contribution is -0.0496. The summed E-state index contributed by atoms with van der Waals surface area (Å²) in [6, 6.07) is 9.45. The number of alkyl halides is 3. The van der Waals surface area contributed by atoms with E-state index in [2.05, 4.69) is 4.74 Å². The van der Waals surface area contributed by atoms with Gasteiger partial charge in [0.25, 0.3) is 0 Å². The molecule has 0 N–H and O–H groups in total. The Morgan fingerprint density at radius 3 is 2.25 bits per heavy atom. The fourth-order valence-electron chi connectivity index (χ4n) is 3.10. The van der Waals surface area contributed by atoms with Crippen molar-refractivity contribution in [3.63, 3.8) is 0 Å². The van der Waals surface area contributed by atoms with E-state index < -0.39 is 32.1 Å². The van der Waals surface area contributed by atoms with E-state index >= 15 is 0 Å². The van der Waals surface area contributed by atoms with Crippen LogP contribution in [-0.2, 0) is 18.5 Å².